The van der Waals surface area contributed by atoms with Gasteiger partial charge in [-0.1, -0.05) is 42.5 Å². The molecule has 17 N–H and O–H groups in total. The second-order valence-corrected chi connectivity index (χ2v) is 19.3. The highest BCUT2D eigenvalue weighted by molar-refractivity contribution is 5.94. The summed E-state index contributed by atoms with van der Waals surface area (Å²) in [7, 11) is 0. The number of ether oxygens (including phenoxy) is 4. The summed E-state index contributed by atoms with van der Waals surface area (Å²) in [6.45, 7) is 3.30. The van der Waals surface area contributed by atoms with Crippen molar-refractivity contribution in [3.8, 4) is 0 Å². The number of allylic oxidation sites excluding steroid dienone is 1. The molecule has 29 heteroatoms. The maximum absolute atomic E-state index is 14.4. The molecule has 2 aromatic heterocycles. The monoisotopic (exact) mass is 1190 g/mol. The Hall–Kier alpha value is -7.87. The Bertz CT molecular complexity index is 2760. The molecule has 0 bridgehead atoms. The summed E-state index contributed by atoms with van der Waals surface area (Å²) in [6, 6.07) is 6.89. The molecule has 29 nitrogen and oxygen atoms in total. The van der Waals surface area contributed by atoms with E-state index in [0.29, 0.717) is 70.0 Å². The van der Waals surface area contributed by atoms with Gasteiger partial charge in [-0.25, -0.2) is 4.79 Å². The third-order valence-corrected chi connectivity index (χ3v) is 12.9. The number of hydrogen-bond acceptors (Lipinski definition) is 18. The van der Waals surface area contributed by atoms with E-state index < -0.39 is 104 Å². The van der Waals surface area contributed by atoms with Crippen molar-refractivity contribution >= 4 is 75.0 Å². The van der Waals surface area contributed by atoms with E-state index in [9.17, 15) is 63.6 Å². The molecule has 6 unspecified atom stereocenters. The number of nitrogens with one attached hydrogen (secondary N) is 11. The van der Waals surface area contributed by atoms with Crippen molar-refractivity contribution in [2.24, 2.45) is 5.73 Å². The van der Waals surface area contributed by atoms with Gasteiger partial charge in [-0.2, -0.15) is 0 Å². The second-order valence-electron chi connectivity index (χ2n) is 19.3. The van der Waals surface area contributed by atoms with Gasteiger partial charge in [0.15, 0.2) is 0 Å². The quantitative estimate of drug-likeness (QED) is 0.0117. The molecule has 0 spiro atoms. The predicted molar refractivity (Wildman–Crippen MR) is 309 cm³/mol. The van der Waals surface area contributed by atoms with Crippen LogP contribution >= 0.6 is 0 Å². The van der Waals surface area contributed by atoms with Crippen molar-refractivity contribution in [2.45, 2.75) is 87.8 Å². The van der Waals surface area contributed by atoms with Crippen LogP contribution in [0.25, 0.3) is 21.8 Å². The highest BCUT2D eigenvalue weighted by atomic mass is 16.6. The number of nitrogens with two attached hydrogens (primary N) is 1. The third kappa shape index (κ3) is 26.3. The number of benzene rings is 2. The Morgan fingerprint density at radius 2 is 1.07 bits per heavy atom. The maximum Gasteiger partial charge on any atom is 0.326 e. The third-order valence-electron chi connectivity index (χ3n) is 12.9. The smallest absolute Gasteiger partial charge is 0.326 e. The van der Waals surface area contributed by atoms with Gasteiger partial charge in [0.1, 0.15) is 30.4 Å². The van der Waals surface area contributed by atoms with E-state index in [0.717, 1.165) is 21.8 Å². The number of carbonyl (C=O) groups is 9. The molecule has 2 heterocycles. The lowest BCUT2D eigenvalue weighted by Gasteiger charge is -2.30. The standard InChI is InChI=1S/C56H82N12O17/c1-2-3-15-47(71)59-18-20-83-22-24-85-26-25-84-23-21-82-19-16-48(72)58-17-9-8-14-42(56(80)81)65-54(78)45(34-69)68-55(79)46(35-70)67-53(77)44(28-37-31-61-41-13-7-5-11-39(37)41)66-52(76)43(27-36-30-60-40-12-6-4-10-38(36)40)64-51(75)33-63-50(74)32-62-49(73)29-57/h2,4-7,10-13,30-31,42-46,53,60-61,67,69-70,77H,1,3,8-9,14-29,32-35,57H2,(H,58,72)(H,59,71)(H,62,73)(H,63,74)(H,64,75)(H,65,78)(H,66,76)(H,68,79)(H,80,81). The maximum atomic E-state index is 14.4. The number of carbonyl (C=O) groups excluding carboxylic acids is 8. The molecular weight excluding hydrogens is 1110 g/mol. The van der Waals surface area contributed by atoms with Crippen LogP contribution in [0, 0.1) is 0 Å². The number of hydrogen-bond donors (Lipinski definition) is 16. The number of unbranched alkanes of at least 4 members (excludes halogenated alkanes) is 1. The fraction of sp³-hybridized carbons (Fsp3) is 0.518. The average molecular weight is 1200 g/mol. The highest BCUT2D eigenvalue weighted by Crippen LogP contribution is 2.22. The van der Waals surface area contributed by atoms with Gasteiger partial charge in [0, 0.05) is 66.6 Å². The molecule has 4 rings (SSSR count). The summed E-state index contributed by atoms with van der Waals surface area (Å²) in [5.41, 5.74) is 7.97. The lowest BCUT2D eigenvalue weighted by molar-refractivity contribution is -0.142. The Labute approximate surface area is 491 Å². The molecule has 0 saturated carbocycles. The van der Waals surface area contributed by atoms with Crippen molar-refractivity contribution in [3.05, 3.63) is 84.7 Å². The number of rotatable bonds is 45. The highest BCUT2D eigenvalue weighted by Gasteiger charge is 2.33. The van der Waals surface area contributed by atoms with Crippen LogP contribution in [0.2, 0.25) is 0 Å². The van der Waals surface area contributed by atoms with Crippen molar-refractivity contribution in [1.29, 1.82) is 0 Å². The SMILES string of the molecule is C=CCCC(=O)NCCOCCOCCOCCOCCC(=O)NCCCCC(NC(=O)C(CO)NC(=O)C(CO)NC(O)C(Cc1c[nH]c2ccccc12)NC(=O)C(Cc1c[nH]c2ccccc12)NC(=O)CNC(=O)CNC(=O)CN)C(=O)O. The second kappa shape index (κ2) is 39.6. The normalized spacial score (nSPS) is 13.3. The van der Waals surface area contributed by atoms with Crippen molar-refractivity contribution in [2.75, 3.05) is 98.8 Å². The zero-order chi connectivity index (χ0) is 61.8. The number of aromatic amines is 2. The van der Waals surface area contributed by atoms with Crippen LogP contribution in [-0.2, 0) is 74.9 Å². The van der Waals surface area contributed by atoms with E-state index in [1.54, 1.807) is 48.8 Å². The predicted octanol–water partition coefficient (Wildman–Crippen LogP) is -3.26. The number of aliphatic hydroxyl groups is 3. The van der Waals surface area contributed by atoms with Crippen molar-refractivity contribution in [3.63, 3.8) is 0 Å². The summed E-state index contributed by atoms with van der Waals surface area (Å²) >= 11 is 0. The molecule has 468 valence electrons. The van der Waals surface area contributed by atoms with Gasteiger partial charge in [-0.15, -0.1) is 6.58 Å². The van der Waals surface area contributed by atoms with Crippen molar-refractivity contribution < 1.29 is 82.5 Å². The van der Waals surface area contributed by atoms with E-state index >= 15 is 0 Å². The minimum Gasteiger partial charge on any atom is -0.480 e. The van der Waals surface area contributed by atoms with Crippen LogP contribution in [0.3, 0.4) is 0 Å². The van der Waals surface area contributed by atoms with Crippen molar-refractivity contribution in [1.82, 2.24) is 57.8 Å². The molecule has 0 aliphatic heterocycles. The fourth-order valence-corrected chi connectivity index (χ4v) is 8.36. The minimum atomic E-state index is -1.84. The first-order chi connectivity index (χ1) is 41.1. The van der Waals surface area contributed by atoms with E-state index in [1.165, 1.54) is 0 Å². The molecule has 0 radical (unpaired) electrons. The Kier molecular flexibility index (Phi) is 32.5. The summed E-state index contributed by atoms with van der Waals surface area (Å²) in [5.74, 6) is -6.82. The van der Waals surface area contributed by atoms with E-state index in [4.69, 9.17) is 24.7 Å². The lowest BCUT2D eigenvalue weighted by atomic mass is 10.0. The van der Waals surface area contributed by atoms with Gasteiger partial charge in [-0.3, -0.25) is 43.7 Å². The van der Waals surface area contributed by atoms with Crippen LogP contribution in [0.4, 0.5) is 0 Å². The average Bonchev–Trinajstić information content (AvgIpc) is 4.12. The van der Waals surface area contributed by atoms with Crippen LogP contribution in [0.1, 0.15) is 49.7 Å². The minimum absolute atomic E-state index is 0.0538. The Morgan fingerprint density at radius 1 is 0.553 bits per heavy atom. The Balaban J connectivity index is 1.25. The van der Waals surface area contributed by atoms with Gasteiger partial charge in [-0.05, 0) is 55.4 Å². The summed E-state index contributed by atoms with van der Waals surface area (Å²) < 4.78 is 21.7. The zero-order valence-electron chi connectivity index (χ0n) is 47.5. The first kappa shape index (κ1) is 69.6. The fourth-order valence-electron chi connectivity index (χ4n) is 8.36. The molecule has 0 aliphatic rings. The van der Waals surface area contributed by atoms with Gasteiger partial charge in [0.2, 0.25) is 47.3 Å². The first-order valence-electron chi connectivity index (χ1n) is 27.9. The van der Waals surface area contributed by atoms with Crippen LogP contribution in [-0.4, -0.2) is 219 Å². The molecule has 0 saturated heterocycles. The van der Waals surface area contributed by atoms with Crippen LogP contribution in [0.5, 0.6) is 0 Å². The number of aliphatic hydroxyl groups excluding tert-OH is 3. The number of aliphatic carboxylic acids is 1. The van der Waals surface area contributed by atoms with E-state index in [1.807, 2.05) is 18.2 Å². The van der Waals surface area contributed by atoms with Crippen LogP contribution in [0.15, 0.2) is 73.6 Å². The number of carboxylic acid groups (broad SMARTS) is 1. The van der Waals surface area contributed by atoms with Gasteiger partial charge >= 0.3 is 5.97 Å². The van der Waals surface area contributed by atoms with Crippen LogP contribution < -0.4 is 53.6 Å². The van der Waals surface area contributed by atoms with Gasteiger partial charge in [0.25, 0.3) is 0 Å². The molecular formula is C56H82N12O17. The largest absolute Gasteiger partial charge is 0.480 e. The molecule has 6 atom stereocenters. The van der Waals surface area contributed by atoms with E-state index in [-0.39, 0.29) is 76.8 Å². The topological polar surface area (TPSA) is 437 Å². The molecule has 4 aromatic rings. The summed E-state index contributed by atoms with van der Waals surface area (Å²) in [5, 5.41) is 66.5. The number of carboxylic acids is 1. The number of H-pyrrole nitrogens is 2. The number of amides is 8. The van der Waals surface area contributed by atoms with Gasteiger partial charge < -0.3 is 97.6 Å². The number of aromatic nitrogens is 2. The molecule has 0 aliphatic carbocycles. The first-order valence-corrected chi connectivity index (χ1v) is 27.9. The summed E-state index contributed by atoms with van der Waals surface area (Å²) in [4.78, 5) is 121. The molecule has 0 fully saturated rings. The lowest BCUT2D eigenvalue weighted by Crippen LogP contribution is -2.62. The molecule has 85 heavy (non-hydrogen) atoms. The van der Waals surface area contributed by atoms with Gasteiger partial charge in [0.05, 0.1) is 91.7 Å². The number of fused-ring (bicyclic) bond motifs is 2. The van der Waals surface area contributed by atoms with E-state index in [2.05, 4.69) is 64.4 Å². The number of para-hydroxylation sites is 2. The molecule has 8 amide bonds. The summed E-state index contributed by atoms with van der Waals surface area (Å²) in [6.07, 6.45) is 4.57. The molecule has 2 aromatic carbocycles. The zero-order valence-corrected chi connectivity index (χ0v) is 47.5. The Morgan fingerprint density at radius 3 is 1.67 bits per heavy atom.